The van der Waals surface area contributed by atoms with Gasteiger partial charge in [0.25, 0.3) is 5.56 Å². The van der Waals surface area contributed by atoms with E-state index in [1.807, 2.05) is 0 Å². The van der Waals surface area contributed by atoms with E-state index >= 15 is 0 Å². The van der Waals surface area contributed by atoms with Crippen LogP contribution in [0, 0.1) is 0 Å². The minimum absolute atomic E-state index is 0.113. The van der Waals surface area contributed by atoms with Gasteiger partial charge in [-0.2, -0.15) is 13.2 Å². The summed E-state index contributed by atoms with van der Waals surface area (Å²) in [5.74, 6) is -0.161. The summed E-state index contributed by atoms with van der Waals surface area (Å²) in [6.45, 7) is -0.151. The number of nitrogen functional groups attached to an aromatic ring is 1. The van der Waals surface area contributed by atoms with Crippen LogP contribution in [0.1, 0.15) is 11.3 Å². The lowest BCUT2D eigenvalue weighted by atomic mass is 10.0. The van der Waals surface area contributed by atoms with Crippen molar-refractivity contribution in [2.45, 2.75) is 25.2 Å². The lowest BCUT2D eigenvalue weighted by Gasteiger charge is -2.26. The first-order valence-electron chi connectivity index (χ1n) is 4.55. The van der Waals surface area contributed by atoms with Crippen LogP contribution in [0.3, 0.4) is 0 Å². The van der Waals surface area contributed by atoms with E-state index < -0.39 is 17.8 Å². The number of rotatable bonds is 0. The number of anilines is 1. The lowest BCUT2D eigenvalue weighted by Crippen LogP contribution is -2.48. The molecule has 4 N–H and O–H groups in total. The van der Waals surface area contributed by atoms with Crippen LogP contribution >= 0.6 is 0 Å². The second-order valence-electron chi connectivity index (χ2n) is 3.56. The molecule has 1 aromatic rings. The third kappa shape index (κ3) is 1.87. The molecule has 88 valence electrons. The Morgan fingerprint density at radius 2 is 2.12 bits per heavy atom. The molecule has 0 fully saturated rings. The van der Waals surface area contributed by atoms with Gasteiger partial charge in [0.15, 0.2) is 0 Å². The Balaban J connectivity index is 2.37. The number of aromatic nitrogens is 2. The van der Waals surface area contributed by atoms with Crippen LogP contribution in [-0.4, -0.2) is 22.2 Å². The molecule has 0 radical (unpaired) electrons. The summed E-state index contributed by atoms with van der Waals surface area (Å²) in [6, 6.07) is -1.67. The third-order valence-corrected chi connectivity index (χ3v) is 2.44. The van der Waals surface area contributed by atoms with E-state index in [1.165, 1.54) is 0 Å². The van der Waals surface area contributed by atoms with Crippen LogP contribution in [-0.2, 0) is 13.0 Å². The van der Waals surface area contributed by atoms with Gasteiger partial charge < -0.3 is 11.1 Å². The molecule has 0 spiro atoms. The molecule has 1 unspecified atom stereocenters. The van der Waals surface area contributed by atoms with E-state index in [2.05, 4.69) is 15.3 Å². The maximum Gasteiger partial charge on any atom is 0.404 e. The van der Waals surface area contributed by atoms with Crippen molar-refractivity contribution < 1.29 is 13.2 Å². The van der Waals surface area contributed by atoms with Gasteiger partial charge >= 0.3 is 6.18 Å². The zero-order valence-electron chi connectivity index (χ0n) is 8.06. The van der Waals surface area contributed by atoms with Gasteiger partial charge in [-0.25, -0.2) is 4.98 Å². The molecule has 2 rings (SSSR count). The van der Waals surface area contributed by atoms with Crippen LogP contribution in [0.4, 0.5) is 19.1 Å². The number of hydrogen-bond acceptors (Lipinski definition) is 4. The van der Waals surface area contributed by atoms with Crippen molar-refractivity contribution >= 4 is 5.95 Å². The fraction of sp³-hybridized carbons (Fsp3) is 0.500. The monoisotopic (exact) mass is 234 g/mol. The summed E-state index contributed by atoms with van der Waals surface area (Å²) in [5.41, 5.74) is 5.11. The van der Waals surface area contributed by atoms with Crippen molar-refractivity contribution in [3.63, 3.8) is 0 Å². The topological polar surface area (TPSA) is 83.8 Å². The largest absolute Gasteiger partial charge is 0.404 e. The highest BCUT2D eigenvalue weighted by molar-refractivity contribution is 5.28. The van der Waals surface area contributed by atoms with Gasteiger partial charge in [0.1, 0.15) is 6.04 Å². The summed E-state index contributed by atoms with van der Waals surface area (Å²) in [5, 5.41) is 2.25. The van der Waals surface area contributed by atoms with E-state index in [0.717, 1.165) is 0 Å². The molecular formula is C8H9F3N4O. The molecule has 1 aliphatic rings. The molecule has 1 aliphatic heterocycles. The molecule has 2 heterocycles. The van der Waals surface area contributed by atoms with Gasteiger partial charge in [0.05, 0.1) is 11.3 Å². The van der Waals surface area contributed by atoms with Crippen LogP contribution < -0.4 is 16.6 Å². The second kappa shape index (κ2) is 3.48. The lowest BCUT2D eigenvalue weighted by molar-refractivity contribution is -0.157. The fourth-order valence-corrected chi connectivity index (χ4v) is 1.64. The molecule has 1 aromatic heterocycles. The number of H-pyrrole nitrogens is 1. The molecule has 16 heavy (non-hydrogen) atoms. The molecular weight excluding hydrogens is 225 g/mol. The van der Waals surface area contributed by atoms with Crippen molar-refractivity contribution in [1.82, 2.24) is 15.3 Å². The SMILES string of the molecule is Nc1nc2c(c(=O)[nH]1)CNC(C(F)(F)F)C2. The Bertz CT molecular complexity index is 467. The number of hydrogen-bond donors (Lipinski definition) is 3. The molecule has 8 heteroatoms. The summed E-state index contributed by atoms with van der Waals surface area (Å²) in [6.07, 6.45) is -4.72. The fourth-order valence-electron chi connectivity index (χ4n) is 1.64. The summed E-state index contributed by atoms with van der Waals surface area (Å²) in [7, 11) is 0. The average Bonchev–Trinajstić information content (AvgIpc) is 2.15. The minimum atomic E-state index is -4.35. The highest BCUT2D eigenvalue weighted by atomic mass is 19.4. The molecule has 0 amide bonds. The van der Waals surface area contributed by atoms with E-state index in [-0.39, 0.29) is 30.2 Å². The zero-order chi connectivity index (χ0) is 11.9. The zero-order valence-corrected chi connectivity index (χ0v) is 8.06. The first kappa shape index (κ1) is 10.9. The van der Waals surface area contributed by atoms with Crippen molar-refractivity contribution in [1.29, 1.82) is 0 Å². The highest BCUT2D eigenvalue weighted by Crippen LogP contribution is 2.25. The molecule has 0 saturated carbocycles. The number of nitrogens with zero attached hydrogens (tertiary/aromatic N) is 1. The van der Waals surface area contributed by atoms with Gasteiger partial charge in [0.2, 0.25) is 5.95 Å². The number of aromatic amines is 1. The average molecular weight is 234 g/mol. The van der Waals surface area contributed by atoms with Crippen LogP contribution in [0.15, 0.2) is 4.79 Å². The molecule has 0 aromatic carbocycles. The Morgan fingerprint density at radius 3 is 2.75 bits per heavy atom. The first-order valence-corrected chi connectivity index (χ1v) is 4.55. The molecule has 0 bridgehead atoms. The number of nitrogens with one attached hydrogen (secondary N) is 2. The van der Waals surface area contributed by atoms with Crippen LogP contribution in [0.5, 0.6) is 0 Å². The Morgan fingerprint density at radius 1 is 1.44 bits per heavy atom. The predicted molar refractivity (Wildman–Crippen MR) is 49.7 cm³/mol. The minimum Gasteiger partial charge on any atom is -0.369 e. The predicted octanol–water partition coefficient (Wildman–Crippen LogP) is -0.0713. The number of nitrogens with two attached hydrogens (primary N) is 1. The Labute approximate surface area is 87.9 Å². The van der Waals surface area contributed by atoms with Crippen molar-refractivity contribution in [3.05, 3.63) is 21.6 Å². The van der Waals surface area contributed by atoms with Gasteiger partial charge in [-0.05, 0) is 0 Å². The van der Waals surface area contributed by atoms with E-state index in [0.29, 0.717) is 0 Å². The van der Waals surface area contributed by atoms with Gasteiger partial charge in [0, 0.05) is 13.0 Å². The number of fused-ring (bicyclic) bond motifs is 1. The molecule has 0 saturated heterocycles. The Hall–Kier alpha value is -1.57. The maximum absolute atomic E-state index is 12.4. The first-order chi connectivity index (χ1) is 7.38. The van der Waals surface area contributed by atoms with Gasteiger partial charge in [-0.3, -0.25) is 9.78 Å². The van der Waals surface area contributed by atoms with Crippen molar-refractivity contribution in [2.75, 3.05) is 5.73 Å². The quantitative estimate of drug-likeness (QED) is 0.586. The van der Waals surface area contributed by atoms with E-state index in [4.69, 9.17) is 5.73 Å². The Kier molecular flexibility index (Phi) is 2.38. The number of halogens is 3. The van der Waals surface area contributed by atoms with Gasteiger partial charge in [-0.15, -0.1) is 0 Å². The standard InChI is InChI=1S/C8H9F3N4O/c9-8(10,11)5-1-4-3(2-13-5)6(16)15-7(12)14-4/h5,13H,1-2H2,(H3,12,14,15,16). The normalized spacial score (nSPS) is 20.6. The van der Waals surface area contributed by atoms with Crippen molar-refractivity contribution in [2.24, 2.45) is 0 Å². The summed E-state index contributed by atoms with van der Waals surface area (Å²) < 4.78 is 37.3. The smallest absolute Gasteiger partial charge is 0.369 e. The van der Waals surface area contributed by atoms with E-state index in [9.17, 15) is 18.0 Å². The van der Waals surface area contributed by atoms with Crippen molar-refractivity contribution in [3.8, 4) is 0 Å². The maximum atomic E-state index is 12.4. The third-order valence-electron chi connectivity index (χ3n) is 2.44. The summed E-state index contributed by atoms with van der Waals surface area (Å²) in [4.78, 5) is 17.3. The van der Waals surface area contributed by atoms with Gasteiger partial charge in [-0.1, -0.05) is 0 Å². The van der Waals surface area contributed by atoms with E-state index in [1.54, 1.807) is 0 Å². The van der Waals surface area contributed by atoms with Crippen LogP contribution in [0.25, 0.3) is 0 Å². The number of alkyl halides is 3. The van der Waals surface area contributed by atoms with Crippen LogP contribution in [0.2, 0.25) is 0 Å². The molecule has 1 atom stereocenters. The second-order valence-corrected chi connectivity index (χ2v) is 3.56. The highest BCUT2D eigenvalue weighted by Gasteiger charge is 2.42. The molecule has 5 nitrogen and oxygen atoms in total. The molecule has 0 aliphatic carbocycles. The summed E-state index contributed by atoms with van der Waals surface area (Å²) >= 11 is 0.